The number of rotatable bonds is 4. The van der Waals surface area contributed by atoms with Crippen molar-refractivity contribution in [2.75, 3.05) is 25.0 Å². The standard InChI is InChI=1S/C14H20FN3O2S/c1-17(21(19,20)12-6-7-12)11-4-3-9-18(10-11)14-13(15)5-2-8-16-14/h2,5,8,11-12H,3-4,6-7,9-10H2,1H3. The summed E-state index contributed by atoms with van der Waals surface area (Å²) in [6, 6.07) is 2.84. The van der Waals surface area contributed by atoms with Gasteiger partial charge in [0.2, 0.25) is 10.0 Å². The highest BCUT2D eigenvalue weighted by Gasteiger charge is 2.41. The SMILES string of the molecule is CN(C1CCCN(c2ncccc2F)C1)S(=O)(=O)C1CC1. The molecule has 1 atom stereocenters. The monoisotopic (exact) mass is 313 g/mol. The number of pyridine rings is 1. The van der Waals surface area contributed by atoms with Gasteiger partial charge in [-0.25, -0.2) is 17.8 Å². The molecule has 1 saturated carbocycles. The zero-order valence-electron chi connectivity index (χ0n) is 12.1. The van der Waals surface area contributed by atoms with Crippen molar-refractivity contribution in [3.8, 4) is 0 Å². The second-order valence-electron chi connectivity index (χ2n) is 5.81. The fraction of sp³-hybridized carbons (Fsp3) is 0.643. The van der Waals surface area contributed by atoms with Gasteiger partial charge in [-0.15, -0.1) is 0 Å². The zero-order valence-corrected chi connectivity index (χ0v) is 12.9. The Morgan fingerprint density at radius 2 is 2.14 bits per heavy atom. The molecule has 116 valence electrons. The Kier molecular flexibility index (Phi) is 3.88. The number of sulfonamides is 1. The number of anilines is 1. The molecule has 5 nitrogen and oxygen atoms in total. The summed E-state index contributed by atoms with van der Waals surface area (Å²) in [6.45, 7) is 1.21. The summed E-state index contributed by atoms with van der Waals surface area (Å²) in [7, 11) is -1.54. The van der Waals surface area contributed by atoms with Crippen LogP contribution in [0.25, 0.3) is 0 Å². The van der Waals surface area contributed by atoms with Gasteiger partial charge in [0.1, 0.15) is 0 Å². The minimum absolute atomic E-state index is 0.106. The molecule has 0 bridgehead atoms. The van der Waals surface area contributed by atoms with Crippen LogP contribution in [0.4, 0.5) is 10.2 Å². The van der Waals surface area contributed by atoms with E-state index in [1.165, 1.54) is 10.4 Å². The summed E-state index contributed by atoms with van der Waals surface area (Å²) in [5.74, 6) is -0.0368. The summed E-state index contributed by atoms with van der Waals surface area (Å²) in [5.41, 5.74) is 0. The van der Waals surface area contributed by atoms with Crippen LogP contribution in [-0.2, 0) is 10.0 Å². The van der Waals surface area contributed by atoms with Crippen LogP contribution in [0, 0.1) is 5.82 Å². The summed E-state index contributed by atoms with van der Waals surface area (Å²) in [5, 5.41) is -0.204. The summed E-state index contributed by atoms with van der Waals surface area (Å²) in [6.07, 6.45) is 4.74. The molecule has 1 unspecified atom stereocenters. The lowest BCUT2D eigenvalue weighted by Gasteiger charge is -2.37. The summed E-state index contributed by atoms with van der Waals surface area (Å²) < 4.78 is 40.0. The highest BCUT2D eigenvalue weighted by atomic mass is 32.2. The van der Waals surface area contributed by atoms with Crippen molar-refractivity contribution >= 4 is 15.8 Å². The minimum Gasteiger partial charge on any atom is -0.353 e. The Bertz CT molecular complexity index is 618. The van der Waals surface area contributed by atoms with Gasteiger partial charge in [0.05, 0.1) is 5.25 Å². The first-order valence-electron chi connectivity index (χ1n) is 7.32. The van der Waals surface area contributed by atoms with Crippen LogP contribution in [0.1, 0.15) is 25.7 Å². The van der Waals surface area contributed by atoms with Gasteiger partial charge in [0.25, 0.3) is 0 Å². The first-order valence-corrected chi connectivity index (χ1v) is 8.83. The van der Waals surface area contributed by atoms with E-state index in [9.17, 15) is 12.8 Å². The molecule has 7 heteroatoms. The van der Waals surface area contributed by atoms with Crippen LogP contribution in [0.5, 0.6) is 0 Å². The maximum Gasteiger partial charge on any atom is 0.217 e. The molecule has 2 aliphatic rings. The highest BCUT2D eigenvalue weighted by Crippen LogP contribution is 2.33. The van der Waals surface area contributed by atoms with E-state index in [1.807, 2.05) is 4.90 Å². The van der Waals surface area contributed by atoms with Crippen molar-refractivity contribution in [2.24, 2.45) is 0 Å². The third kappa shape index (κ3) is 2.89. The van der Waals surface area contributed by atoms with E-state index in [4.69, 9.17) is 0 Å². The van der Waals surface area contributed by atoms with Crippen LogP contribution in [0.2, 0.25) is 0 Å². The quantitative estimate of drug-likeness (QED) is 0.847. The van der Waals surface area contributed by atoms with Crippen LogP contribution in [0.3, 0.4) is 0 Å². The van der Waals surface area contributed by atoms with Gasteiger partial charge in [-0.1, -0.05) is 0 Å². The van der Waals surface area contributed by atoms with Gasteiger partial charge in [-0.3, -0.25) is 0 Å². The Morgan fingerprint density at radius 1 is 1.38 bits per heavy atom. The Balaban J connectivity index is 1.75. The van der Waals surface area contributed by atoms with Gasteiger partial charge < -0.3 is 4.90 Å². The van der Waals surface area contributed by atoms with E-state index in [2.05, 4.69) is 4.98 Å². The number of nitrogens with zero attached hydrogens (tertiary/aromatic N) is 3. The molecule has 1 aromatic rings. The molecule has 1 aliphatic carbocycles. The summed E-state index contributed by atoms with van der Waals surface area (Å²) in [4.78, 5) is 5.94. The average Bonchev–Trinajstić information content (AvgIpc) is 3.32. The molecule has 0 aromatic carbocycles. The number of hydrogen-bond donors (Lipinski definition) is 0. The number of hydrogen-bond acceptors (Lipinski definition) is 4. The van der Waals surface area contributed by atoms with Gasteiger partial charge in [-0.2, -0.15) is 4.31 Å². The largest absolute Gasteiger partial charge is 0.353 e. The molecule has 0 N–H and O–H groups in total. The molecule has 0 spiro atoms. The lowest BCUT2D eigenvalue weighted by Crippen LogP contribution is -2.49. The topological polar surface area (TPSA) is 53.5 Å². The maximum absolute atomic E-state index is 13.8. The molecule has 0 radical (unpaired) electrons. The number of halogens is 1. The van der Waals surface area contributed by atoms with Gasteiger partial charge in [0.15, 0.2) is 11.6 Å². The number of piperidine rings is 1. The van der Waals surface area contributed by atoms with Crippen LogP contribution >= 0.6 is 0 Å². The summed E-state index contributed by atoms with van der Waals surface area (Å²) >= 11 is 0. The van der Waals surface area contributed by atoms with E-state index in [-0.39, 0.29) is 17.1 Å². The van der Waals surface area contributed by atoms with E-state index < -0.39 is 10.0 Å². The first-order chi connectivity index (χ1) is 10.00. The fourth-order valence-electron chi connectivity index (χ4n) is 2.86. The maximum atomic E-state index is 13.8. The van der Waals surface area contributed by atoms with Gasteiger partial charge in [0, 0.05) is 32.4 Å². The highest BCUT2D eigenvalue weighted by molar-refractivity contribution is 7.90. The Hall–Kier alpha value is -1.21. The van der Waals surface area contributed by atoms with E-state index in [0.717, 1.165) is 25.7 Å². The molecule has 1 aromatic heterocycles. The number of likely N-dealkylation sites (N-methyl/N-ethyl adjacent to an activating group) is 1. The molecule has 1 aliphatic heterocycles. The van der Waals surface area contributed by atoms with Crippen LogP contribution in [0.15, 0.2) is 18.3 Å². The lowest BCUT2D eigenvalue weighted by molar-refractivity contribution is 0.318. The molecule has 1 saturated heterocycles. The van der Waals surface area contributed by atoms with Gasteiger partial charge in [-0.05, 0) is 37.8 Å². The second-order valence-corrected chi connectivity index (χ2v) is 8.08. The first kappa shape index (κ1) is 14.7. The molecule has 0 amide bonds. The average molecular weight is 313 g/mol. The Labute approximate surface area is 124 Å². The van der Waals surface area contributed by atoms with Crippen LogP contribution in [-0.4, -0.2) is 49.1 Å². The third-order valence-corrected chi connectivity index (χ3v) is 6.71. The van der Waals surface area contributed by atoms with Crippen molar-refractivity contribution in [1.82, 2.24) is 9.29 Å². The fourth-order valence-corrected chi connectivity index (χ4v) is 4.65. The molecule has 2 heterocycles. The van der Waals surface area contributed by atoms with Crippen molar-refractivity contribution in [3.05, 3.63) is 24.1 Å². The predicted molar refractivity (Wildman–Crippen MR) is 79.1 cm³/mol. The lowest BCUT2D eigenvalue weighted by atomic mass is 10.1. The predicted octanol–water partition coefficient (Wildman–Crippen LogP) is 1.61. The van der Waals surface area contributed by atoms with Crippen molar-refractivity contribution < 1.29 is 12.8 Å². The van der Waals surface area contributed by atoms with Crippen molar-refractivity contribution in [3.63, 3.8) is 0 Å². The van der Waals surface area contributed by atoms with Crippen LogP contribution < -0.4 is 4.90 Å². The van der Waals surface area contributed by atoms with Crippen molar-refractivity contribution in [2.45, 2.75) is 37.0 Å². The second kappa shape index (κ2) is 5.53. The number of aromatic nitrogens is 1. The molecular weight excluding hydrogens is 293 g/mol. The Morgan fingerprint density at radius 3 is 2.81 bits per heavy atom. The van der Waals surface area contributed by atoms with E-state index in [0.29, 0.717) is 18.9 Å². The van der Waals surface area contributed by atoms with E-state index >= 15 is 0 Å². The third-order valence-electron chi connectivity index (χ3n) is 4.30. The molecule has 3 rings (SSSR count). The van der Waals surface area contributed by atoms with Crippen molar-refractivity contribution in [1.29, 1.82) is 0 Å². The minimum atomic E-state index is -3.19. The smallest absolute Gasteiger partial charge is 0.217 e. The van der Waals surface area contributed by atoms with E-state index in [1.54, 1.807) is 19.3 Å². The normalized spacial score (nSPS) is 23.6. The molecule has 2 fully saturated rings. The molecular formula is C14H20FN3O2S. The van der Waals surface area contributed by atoms with Gasteiger partial charge >= 0.3 is 0 Å². The molecule has 21 heavy (non-hydrogen) atoms. The zero-order chi connectivity index (χ0) is 15.0.